The number of ether oxygens (including phenoxy) is 1. The van der Waals surface area contributed by atoms with Crippen molar-refractivity contribution in [3.8, 4) is 11.5 Å². The average molecular weight is 412 g/mol. The second kappa shape index (κ2) is 7.20. The number of hydrogen-bond acceptors (Lipinski definition) is 8. The molecule has 4 rings (SSSR count). The summed E-state index contributed by atoms with van der Waals surface area (Å²) in [6, 6.07) is 16.3. The van der Waals surface area contributed by atoms with E-state index in [2.05, 4.69) is 19.7 Å². The number of sulfonamides is 1. The lowest BCUT2D eigenvalue weighted by Crippen LogP contribution is -2.13. The summed E-state index contributed by atoms with van der Waals surface area (Å²) in [6.07, 6.45) is 0. The van der Waals surface area contributed by atoms with Crippen molar-refractivity contribution in [1.29, 1.82) is 0 Å². The van der Waals surface area contributed by atoms with E-state index in [1.165, 1.54) is 42.5 Å². The molecule has 0 spiro atoms. The van der Waals surface area contributed by atoms with Crippen molar-refractivity contribution in [3.63, 3.8) is 0 Å². The molecule has 0 bridgehead atoms. The minimum absolute atomic E-state index is 0.0422. The number of fused-ring (bicyclic) bond motifs is 1. The zero-order valence-electron chi connectivity index (χ0n) is 14.6. The number of nitrogens with zero attached hydrogens (tertiary/aromatic N) is 3. The molecule has 0 saturated heterocycles. The van der Waals surface area contributed by atoms with Crippen LogP contribution < -0.4 is 9.46 Å². The molecule has 0 fully saturated rings. The predicted molar refractivity (Wildman–Crippen MR) is 102 cm³/mol. The van der Waals surface area contributed by atoms with Crippen LogP contribution in [0.5, 0.6) is 11.5 Å². The van der Waals surface area contributed by atoms with Crippen LogP contribution in [0, 0.1) is 10.1 Å². The number of benzene rings is 3. The Kier molecular flexibility index (Phi) is 4.56. The first-order valence-corrected chi connectivity index (χ1v) is 9.67. The second-order valence-electron chi connectivity index (χ2n) is 5.87. The van der Waals surface area contributed by atoms with Gasteiger partial charge in [-0.1, -0.05) is 6.07 Å². The molecule has 1 heterocycles. The molecule has 1 aromatic heterocycles. The summed E-state index contributed by atoms with van der Waals surface area (Å²) in [6.45, 7) is 0. The van der Waals surface area contributed by atoms with Crippen LogP contribution in [-0.2, 0) is 10.0 Å². The molecule has 146 valence electrons. The van der Waals surface area contributed by atoms with E-state index in [0.29, 0.717) is 22.7 Å². The van der Waals surface area contributed by atoms with Gasteiger partial charge < -0.3 is 4.74 Å². The summed E-state index contributed by atoms with van der Waals surface area (Å²) in [5, 5.41) is 17.9. The molecule has 29 heavy (non-hydrogen) atoms. The number of anilines is 1. The van der Waals surface area contributed by atoms with E-state index < -0.39 is 14.9 Å². The molecular formula is C18H12N4O6S. The lowest BCUT2D eigenvalue weighted by atomic mass is 10.3. The van der Waals surface area contributed by atoms with Gasteiger partial charge in [-0.3, -0.25) is 14.8 Å². The van der Waals surface area contributed by atoms with Gasteiger partial charge in [0.05, 0.1) is 4.92 Å². The highest BCUT2D eigenvalue weighted by Gasteiger charge is 2.20. The highest BCUT2D eigenvalue weighted by Crippen LogP contribution is 2.27. The fraction of sp³-hybridized carbons (Fsp3) is 0. The Balaban J connectivity index is 1.50. The summed E-state index contributed by atoms with van der Waals surface area (Å²) in [5.41, 5.74) is 0.742. The number of nitrogens with one attached hydrogen (secondary N) is 1. The Morgan fingerprint density at radius 2 is 1.59 bits per heavy atom. The van der Waals surface area contributed by atoms with E-state index in [4.69, 9.17) is 4.74 Å². The standard InChI is InChI=1S/C18H12N4O6S/c23-22(24)13-6-10-15(11-7-13)27-14-8-4-12(5-9-14)21-29(25,26)17-3-1-2-16-18(17)20-28-19-16/h1-11,21H. The van der Waals surface area contributed by atoms with Gasteiger partial charge in [0.1, 0.15) is 21.9 Å². The topological polar surface area (TPSA) is 137 Å². The molecule has 4 aromatic rings. The van der Waals surface area contributed by atoms with E-state index in [1.54, 1.807) is 24.3 Å². The first-order valence-electron chi connectivity index (χ1n) is 8.19. The van der Waals surface area contributed by atoms with Crippen LogP contribution in [0.1, 0.15) is 0 Å². The summed E-state index contributed by atoms with van der Waals surface area (Å²) in [5.74, 6) is 0.846. The minimum atomic E-state index is -3.91. The molecule has 0 aliphatic carbocycles. The van der Waals surface area contributed by atoms with Crippen LogP contribution >= 0.6 is 0 Å². The first-order chi connectivity index (χ1) is 13.9. The Hall–Kier alpha value is -3.99. The van der Waals surface area contributed by atoms with Crippen LogP contribution in [0.3, 0.4) is 0 Å². The van der Waals surface area contributed by atoms with Crippen molar-refractivity contribution in [2.24, 2.45) is 0 Å². The number of non-ortho nitro benzene ring substituents is 1. The van der Waals surface area contributed by atoms with Crippen LogP contribution in [0.15, 0.2) is 76.3 Å². The van der Waals surface area contributed by atoms with Gasteiger partial charge in [-0.2, -0.15) is 0 Å². The van der Waals surface area contributed by atoms with Gasteiger partial charge in [0.2, 0.25) is 0 Å². The number of rotatable bonds is 6. The number of aromatic nitrogens is 2. The monoisotopic (exact) mass is 412 g/mol. The molecule has 1 N–H and O–H groups in total. The zero-order valence-corrected chi connectivity index (χ0v) is 15.4. The second-order valence-corrected chi connectivity index (χ2v) is 7.52. The fourth-order valence-electron chi connectivity index (χ4n) is 2.57. The van der Waals surface area contributed by atoms with E-state index >= 15 is 0 Å². The Morgan fingerprint density at radius 3 is 2.24 bits per heavy atom. The molecular weight excluding hydrogens is 400 g/mol. The molecule has 0 atom stereocenters. The third-order valence-electron chi connectivity index (χ3n) is 3.93. The fourth-order valence-corrected chi connectivity index (χ4v) is 3.78. The highest BCUT2D eigenvalue weighted by molar-refractivity contribution is 7.93. The molecule has 11 heteroatoms. The van der Waals surface area contributed by atoms with Crippen LogP contribution in [-0.4, -0.2) is 23.7 Å². The van der Waals surface area contributed by atoms with Gasteiger partial charge >= 0.3 is 0 Å². The van der Waals surface area contributed by atoms with E-state index in [9.17, 15) is 18.5 Å². The molecule has 0 aliphatic heterocycles. The van der Waals surface area contributed by atoms with Crippen molar-refractivity contribution in [2.75, 3.05) is 4.72 Å². The zero-order chi connectivity index (χ0) is 20.4. The third kappa shape index (κ3) is 3.84. The van der Waals surface area contributed by atoms with Crippen molar-refractivity contribution in [2.45, 2.75) is 4.90 Å². The van der Waals surface area contributed by atoms with Gasteiger partial charge in [0.25, 0.3) is 15.7 Å². The van der Waals surface area contributed by atoms with Crippen LogP contribution in [0.2, 0.25) is 0 Å². The SMILES string of the molecule is O=[N+]([O-])c1ccc(Oc2ccc(NS(=O)(=O)c3cccc4nonc34)cc2)cc1. The maximum atomic E-state index is 12.7. The normalized spacial score (nSPS) is 11.3. The average Bonchev–Trinajstić information content (AvgIpc) is 3.18. The van der Waals surface area contributed by atoms with Gasteiger partial charge in [0.15, 0.2) is 5.52 Å². The Labute approximate surface area is 163 Å². The number of nitro groups is 1. The molecule has 0 amide bonds. The quantitative estimate of drug-likeness (QED) is 0.373. The molecule has 0 aliphatic rings. The third-order valence-corrected chi connectivity index (χ3v) is 5.34. The van der Waals surface area contributed by atoms with Gasteiger partial charge in [0, 0.05) is 17.8 Å². The summed E-state index contributed by atoms with van der Waals surface area (Å²) in [4.78, 5) is 10.1. The lowest BCUT2D eigenvalue weighted by Gasteiger charge is -2.09. The Morgan fingerprint density at radius 1 is 0.931 bits per heavy atom. The van der Waals surface area contributed by atoms with Crippen molar-refractivity contribution < 1.29 is 22.7 Å². The largest absolute Gasteiger partial charge is 0.457 e. The highest BCUT2D eigenvalue weighted by atomic mass is 32.2. The maximum Gasteiger partial charge on any atom is 0.269 e. The molecule has 3 aromatic carbocycles. The van der Waals surface area contributed by atoms with Crippen molar-refractivity contribution in [3.05, 3.63) is 76.8 Å². The van der Waals surface area contributed by atoms with Gasteiger partial charge in [-0.25, -0.2) is 13.0 Å². The minimum Gasteiger partial charge on any atom is -0.457 e. The van der Waals surface area contributed by atoms with Crippen LogP contribution in [0.25, 0.3) is 11.0 Å². The van der Waals surface area contributed by atoms with E-state index in [-0.39, 0.29) is 16.1 Å². The van der Waals surface area contributed by atoms with Crippen molar-refractivity contribution >= 4 is 32.4 Å². The van der Waals surface area contributed by atoms with Crippen molar-refractivity contribution in [1.82, 2.24) is 10.3 Å². The predicted octanol–water partition coefficient (Wildman–Crippen LogP) is 3.72. The molecule has 0 unspecified atom stereocenters. The summed E-state index contributed by atoms with van der Waals surface area (Å²) in [7, 11) is -3.91. The Bertz CT molecular complexity index is 1280. The summed E-state index contributed by atoms with van der Waals surface area (Å²) < 4.78 is 38.0. The maximum absolute atomic E-state index is 12.7. The van der Waals surface area contributed by atoms with Gasteiger partial charge in [-0.15, -0.1) is 0 Å². The molecule has 0 radical (unpaired) electrons. The number of nitro benzene ring substituents is 1. The van der Waals surface area contributed by atoms with E-state index in [1.807, 2.05) is 0 Å². The molecule has 0 saturated carbocycles. The lowest BCUT2D eigenvalue weighted by molar-refractivity contribution is -0.384. The molecule has 10 nitrogen and oxygen atoms in total. The van der Waals surface area contributed by atoms with E-state index in [0.717, 1.165) is 0 Å². The van der Waals surface area contributed by atoms with Gasteiger partial charge in [-0.05, 0) is 58.8 Å². The van der Waals surface area contributed by atoms with Crippen LogP contribution in [0.4, 0.5) is 11.4 Å². The first kappa shape index (κ1) is 18.4. The smallest absolute Gasteiger partial charge is 0.269 e. The summed E-state index contributed by atoms with van der Waals surface area (Å²) >= 11 is 0. The number of hydrogen-bond donors (Lipinski definition) is 1.